The van der Waals surface area contributed by atoms with Crippen LogP contribution < -0.4 is 9.64 Å². The number of phenols is 1. The van der Waals surface area contributed by atoms with E-state index in [1.807, 2.05) is 4.90 Å². The lowest BCUT2D eigenvalue weighted by atomic mass is 10.1. The van der Waals surface area contributed by atoms with Crippen molar-refractivity contribution in [1.82, 2.24) is 4.90 Å². The average Bonchev–Trinajstić information content (AvgIpc) is 2.66. The summed E-state index contributed by atoms with van der Waals surface area (Å²) in [6.07, 6.45) is 0. The van der Waals surface area contributed by atoms with Gasteiger partial charge in [0.1, 0.15) is 0 Å². The molecule has 8 heteroatoms. The van der Waals surface area contributed by atoms with Crippen LogP contribution in [0.1, 0.15) is 10.4 Å². The van der Waals surface area contributed by atoms with Gasteiger partial charge in [-0.05, 0) is 24.3 Å². The normalized spacial score (nSPS) is 14.5. The Morgan fingerprint density at radius 2 is 1.73 bits per heavy atom. The molecule has 0 radical (unpaired) electrons. The Labute approximate surface area is 148 Å². The average molecular weight is 366 g/mol. The van der Waals surface area contributed by atoms with Gasteiger partial charge >= 0.3 is 0 Å². The lowest BCUT2D eigenvalue weighted by Gasteiger charge is -2.36. The molecule has 1 aliphatic rings. The Morgan fingerprint density at radius 1 is 1.04 bits per heavy atom. The first-order valence-electron chi connectivity index (χ1n) is 7.97. The zero-order chi connectivity index (χ0) is 18.8. The zero-order valence-electron chi connectivity index (χ0n) is 14.0. The molecule has 3 rings (SSSR count). The fraction of sp³-hybridized carbons (Fsp3) is 0.278. The van der Waals surface area contributed by atoms with Crippen LogP contribution >= 0.6 is 0 Å². The number of methoxy groups -OCH3 is 1. The summed E-state index contributed by atoms with van der Waals surface area (Å²) in [7, 11) is 1.45. The maximum Gasteiger partial charge on any atom is 0.257 e. The summed E-state index contributed by atoms with van der Waals surface area (Å²) < 4.78 is 45.3. The second-order valence-corrected chi connectivity index (χ2v) is 5.86. The molecule has 2 aromatic carbocycles. The molecule has 138 valence electrons. The van der Waals surface area contributed by atoms with E-state index in [1.54, 1.807) is 12.1 Å². The number of ether oxygens (including phenoxy) is 1. The molecule has 1 heterocycles. The van der Waals surface area contributed by atoms with Crippen molar-refractivity contribution < 1.29 is 27.8 Å². The minimum Gasteiger partial charge on any atom is -0.504 e. The largest absolute Gasteiger partial charge is 0.504 e. The van der Waals surface area contributed by atoms with Crippen LogP contribution in [0.2, 0.25) is 0 Å². The lowest BCUT2D eigenvalue weighted by molar-refractivity contribution is 0.0740. The first kappa shape index (κ1) is 17.9. The Bertz CT molecular complexity index is 837. The van der Waals surface area contributed by atoms with E-state index in [2.05, 4.69) is 0 Å². The summed E-state index contributed by atoms with van der Waals surface area (Å²) in [4.78, 5) is 15.8. The van der Waals surface area contributed by atoms with Crippen LogP contribution in [0.5, 0.6) is 11.5 Å². The van der Waals surface area contributed by atoms with Gasteiger partial charge < -0.3 is 19.6 Å². The van der Waals surface area contributed by atoms with Crippen LogP contribution in [-0.2, 0) is 0 Å². The molecule has 0 unspecified atom stereocenters. The molecule has 0 aliphatic carbocycles. The highest BCUT2D eigenvalue weighted by molar-refractivity contribution is 5.94. The highest BCUT2D eigenvalue weighted by atomic mass is 19.2. The predicted molar refractivity (Wildman–Crippen MR) is 89.1 cm³/mol. The van der Waals surface area contributed by atoms with Gasteiger partial charge in [-0.25, -0.2) is 13.2 Å². The smallest absolute Gasteiger partial charge is 0.257 e. The van der Waals surface area contributed by atoms with Gasteiger partial charge in [0.05, 0.1) is 12.7 Å². The van der Waals surface area contributed by atoms with E-state index in [-0.39, 0.29) is 5.75 Å². The van der Waals surface area contributed by atoms with E-state index in [9.17, 15) is 23.1 Å². The summed E-state index contributed by atoms with van der Waals surface area (Å²) in [5.41, 5.74) is 0.328. The van der Waals surface area contributed by atoms with E-state index in [4.69, 9.17) is 4.74 Å². The van der Waals surface area contributed by atoms with E-state index in [0.717, 1.165) is 17.8 Å². The first-order valence-corrected chi connectivity index (χ1v) is 7.97. The number of benzene rings is 2. The summed E-state index contributed by atoms with van der Waals surface area (Å²) in [5.74, 6) is -4.76. The Morgan fingerprint density at radius 3 is 2.38 bits per heavy atom. The molecule has 5 nitrogen and oxygen atoms in total. The summed E-state index contributed by atoms with van der Waals surface area (Å²) in [6, 6.07) is 6.62. The summed E-state index contributed by atoms with van der Waals surface area (Å²) >= 11 is 0. The van der Waals surface area contributed by atoms with Crippen LogP contribution in [-0.4, -0.2) is 49.2 Å². The predicted octanol–water partition coefficient (Wildman–Crippen LogP) is 2.78. The number of carbonyl (C=O) groups is 1. The highest BCUT2D eigenvalue weighted by Gasteiger charge is 2.26. The van der Waals surface area contributed by atoms with E-state index in [1.165, 1.54) is 18.1 Å². The molecule has 0 saturated carbocycles. The third kappa shape index (κ3) is 3.26. The van der Waals surface area contributed by atoms with Gasteiger partial charge in [0.15, 0.2) is 29.0 Å². The van der Waals surface area contributed by atoms with Crippen molar-refractivity contribution in [2.24, 2.45) is 0 Å². The monoisotopic (exact) mass is 366 g/mol. The molecule has 1 fully saturated rings. The number of piperazine rings is 1. The van der Waals surface area contributed by atoms with Crippen molar-refractivity contribution in [2.75, 3.05) is 38.2 Å². The molecule has 0 atom stereocenters. The molecule has 1 amide bonds. The minimum atomic E-state index is -1.65. The number of carbonyl (C=O) groups excluding carboxylic acids is 1. The molecule has 0 aromatic heterocycles. The number of aromatic hydroxyl groups is 1. The quantitative estimate of drug-likeness (QED) is 0.849. The lowest BCUT2D eigenvalue weighted by Crippen LogP contribution is -2.49. The van der Waals surface area contributed by atoms with E-state index >= 15 is 0 Å². The second-order valence-electron chi connectivity index (χ2n) is 5.86. The SMILES string of the molecule is COc1cc(N2CCN(C(=O)c3ccc(F)c(F)c3F)CC2)ccc1O. The number of amides is 1. The van der Waals surface area contributed by atoms with Gasteiger partial charge in [-0.15, -0.1) is 0 Å². The Balaban J connectivity index is 1.71. The standard InChI is InChI=1S/C18H17F3N2O3/c1-26-15-10-11(2-5-14(15)24)22-6-8-23(9-7-22)18(25)12-3-4-13(19)17(21)16(12)20/h2-5,10,24H,6-9H2,1H3. The maximum absolute atomic E-state index is 13.8. The molecular weight excluding hydrogens is 349 g/mol. The molecule has 1 saturated heterocycles. The van der Waals surface area contributed by atoms with E-state index < -0.39 is 28.9 Å². The number of hydrogen-bond donors (Lipinski definition) is 1. The van der Waals surface area contributed by atoms with Crippen molar-refractivity contribution in [2.45, 2.75) is 0 Å². The van der Waals surface area contributed by atoms with E-state index in [0.29, 0.717) is 31.9 Å². The Hall–Kier alpha value is -2.90. The molecule has 0 spiro atoms. The number of halogens is 3. The maximum atomic E-state index is 13.8. The van der Waals surface area contributed by atoms with Crippen molar-refractivity contribution in [1.29, 1.82) is 0 Å². The van der Waals surface area contributed by atoms with Gasteiger partial charge in [-0.1, -0.05) is 0 Å². The fourth-order valence-electron chi connectivity index (χ4n) is 2.89. The van der Waals surface area contributed by atoms with Crippen LogP contribution in [0.3, 0.4) is 0 Å². The summed E-state index contributed by atoms with van der Waals surface area (Å²) in [5, 5.41) is 9.65. The van der Waals surface area contributed by atoms with Crippen molar-refractivity contribution in [3.05, 3.63) is 53.3 Å². The molecule has 0 bridgehead atoms. The minimum absolute atomic E-state index is 0.0267. The third-order valence-electron chi connectivity index (χ3n) is 4.36. The molecule has 26 heavy (non-hydrogen) atoms. The number of phenolic OH excluding ortho intramolecular Hbond substituents is 1. The topological polar surface area (TPSA) is 53.0 Å². The number of hydrogen-bond acceptors (Lipinski definition) is 4. The first-order chi connectivity index (χ1) is 12.4. The second kappa shape index (κ2) is 7.15. The van der Waals surface area contributed by atoms with Gasteiger partial charge in [-0.3, -0.25) is 4.79 Å². The van der Waals surface area contributed by atoms with Gasteiger partial charge in [0, 0.05) is 37.9 Å². The molecular formula is C18H17F3N2O3. The fourth-order valence-corrected chi connectivity index (χ4v) is 2.89. The van der Waals surface area contributed by atoms with Gasteiger partial charge in [0.2, 0.25) is 0 Å². The Kier molecular flexibility index (Phi) is 4.92. The van der Waals surface area contributed by atoms with Gasteiger partial charge in [-0.2, -0.15) is 0 Å². The van der Waals surface area contributed by atoms with Crippen LogP contribution in [0, 0.1) is 17.5 Å². The van der Waals surface area contributed by atoms with Crippen molar-refractivity contribution >= 4 is 11.6 Å². The summed E-state index contributed by atoms with van der Waals surface area (Å²) in [6.45, 7) is 1.51. The van der Waals surface area contributed by atoms with Crippen molar-refractivity contribution in [3.63, 3.8) is 0 Å². The molecule has 1 aliphatic heterocycles. The number of nitrogens with zero attached hydrogens (tertiary/aromatic N) is 2. The van der Waals surface area contributed by atoms with Crippen LogP contribution in [0.15, 0.2) is 30.3 Å². The van der Waals surface area contributed by atoms with Crippen molar-refractivity contribution in [3.8, 4) is 11.5 Å². The number of anilines is 1. The molecule has 1 N–H and O–H groups in total. The third-order valence-corrected chi connectivity index (χ3v) is 4.36. The van der Waals surface area contributed by atoms with Crippen LogP contribution in [0.4, 0.5) is 18.9 Å². The highest BCUT2D eigenvalue weighted by Crippen LogP contribution is 2.31. The zero-order valence-corrected chi connectivity index (χ0v) is 14.0. The number of rotatable bonds is 3. The van der Waals surface area contributed by atoms with Crippen LogP contribution in [0.25, 0.3) is 0 Å². The van der Waals surface area contributed by atoms with Gasteiger partial charge in [0.25, 0.3) is 5.91 Å². The molecule has 2 aromatic rings.